The lowest BCUT2D eigenvalue weighted by atomic mass is 10.3. The first-order valence-electron chi connectivity index (χ1n) is 6.79. The van der Waals surface area contributed by atoms with E-state index in [4.69, 9.17) is 16.3 Å². The molecule has 3 rings (SSSR count). The van der Waals surface area contributed by atoms with E-state index in [-0.39, 0.29) is 5.91 Å². The van der Waals surface area contributed by atoms with Crippen LogP contribution in [-0.4, -0.2) is 27.4 Å². The Hall–Kier alpha value is -2.86. The molecule has 0 aromatic carbocycles. The van der Waals surface area contributed by atoms with Crippen LogP contribution in [0.5, 0.6) is 5.88 Å². The molecule has 0 aliphatic rings. The molecule has 1 N–H and O–H groups in total. The molecule has 0 saturated carbocycles. The van der Waals surface area contributed by atoms with E-state index in [9.17, 15) is 4.79 Å². The number of rotatable bonds is 4. The summed E-state index contributed by atoms with van der Waals surface area (Å²) in [5.74, 6) is 0.0281. The van der Waals surface area contributed by atoms with Gasteiger partial charge in [-0.3, -0.25) is 9.20 Å². The summed E-state index contributed by atoms with van der Waals surface area (Å²) in [6, 6.07) is 8.99. The summed E-state index contributed by atoms with van der Waals surface area (Å²) >= 11 is 6.11. The number of nitrogens with zero attached hydrogens (tertiary/aromatic N) is 3. The van der Waals surface area contributed by atoms with Crippen molar-refractivity contribution >= 4 is 34.9 Å². The van der Waals surface area contributed by atoms with Crippen molar-refractivity contribution in [1.82, 2.24) is 14.4 Å². The summed E-state index contributed by atoms with van der Waals surface area (Å²) in [4.78, 5) is 20.3. The molecule has 23 heavy (non-hydrogen) atoms. The van der Waals surface area contributed by atoms with Crippen LogP contribution in [0.4, 0.5) is 5.69 Å². The van der Waals surface area contributed by atoms with Crippen molar-refractivity contribution in [3.8, 4) is 5.88 Å². The summed E-state index contributed by atoms with van der Waals surface area (Å²) < 4.78 is 6.89. The second kappa shape index (κ2) is 6.50. The van der Waals surface area contributed by atoms with Crippen LogP contribution >= 0.6 is 11.6 Å². The van der Waals surface area contributed by atoms with Gasteiger partial charge in [-0.05, 0) is 30.3 Å². The quantitative estimate of drug-likeness (QED) is 0.747. The first-order chi connectivity index (χ1) is 11.2. The molecule has 3 heterocycles. The molecular formula is C16H13ClN4O2. The Kier molecular flexibility index (Phi) is 4.25. The topological polar surface area (TPSA) is 68.5 Å². The van der Waals surface area contributed by atoms with E-state index in [1.54, 1.807) is 28.8 Å². The average Bonchev–Trinajstić information content (AvgIpc) is 2.88. The van der Waals surface area contributed by atoms with Gasteiger partial charge in [0.25, 0.3) is 0 Å². The number of carbonyl (C=O) groups is 1. The van der Waals surface area contributed by atoms with E-state index in [1.807, 2.05) is 24.4 Å². The van der Waals surface area contributed by atoms with Crippen LogP contribution in [0.1, 0.15) is 5.69 Å². The monoisotopic (exact) mass is 328 g/mol. The Morgan fingerprint density at radius 1 is 1.35 bits per heavy atom. The molecule has 116 valence electrons. The smallest absolute Gasteiger partial charge is 0.248 e. The van der Waals surface area contributed by atoms with Crippen molar-refractivity contribution in [3.05, 3.63) is 59.6 Å². The van der Waals surface area contributed by atoms with Crippen LogP contribution in [0.25, 0.3) is 11.7 Å². The summed E-state index contributed by atoms with van der Waals surface area (Å²) in [6.45, 7) is 0. The van der Waals surface area contributed by atoms with Gasteiger partial charge in [0.1, 0.15) is 11.3 Å². The largest absolute Gasteiger partial charge is 0.480 e. The van der Waals surface area contributed by atoms with Crippen LogP contribution in [0, 0.1) is 0 Å². The van der Waals surface area contributed by atoms with Crippen molar-refractivity contribution < 1.29 is 9.53 Å². The van der Waals surface area contributed by atoms with Gasteiger partial charge in [-0.1, -0.05) is 17.7 Å². The highest BCUT2D eigenvalue weighted by atomic mass is 35.5. The van der Waals surface area contributed by atoms with E-state index in [0.29, 0.717) is 28.1 Å². The molecule has 0 fully saturated rings. The van der Waals surface area contributed by atoms with Gasteiger partial charge in [-0.15, -0.1) is 0 Å². The molecule has 0 unspecified atom stereocenters. The molecule has 3 aromatic rings. The van der Waals surface area contributed by atoms with Crippen LogP contribution in [0.2, 0.25) is 5.15 Å². The van der Waals surface area contributed by atoms with Gasteiger partial charge in [0.2, 0.25) is 11.8 Å². The van der Waals surface area contributed by atoms with E-state index in [1.165, 1.54) is 13.2 Å². The normalized spacial score (nSPS) is 11.0. The molecule has 7 heteroatoms. The van der Waals surface area contributed by atoms with E-state index < -0.39 is 0 Å². The second-order valence-corrected chi connectivity index (χ2v) is 4.96. The summed E-state index contributed by atoms with van der Waals surface area (Å²) in [7, 11) is 1.49. The number of nitrogens with one attached hydrogen (secondary N) is 1. The molecule has 0 radical (unpaired) electrons. The maximum Gasteiger partial charge on any atom is 0.248 e. The molecule has 0 spiro atoms. The van der Waals surface area contributed by atoms with Gasteiger partial charge in [0.15, 0.2) is 5.15 Å². The number of ether oxygens (including phenoxy) is 1. The summed E-state index contributed by atoms with van der Waals surface area (Å²) in [5, 5.41) is 3.04. The van der Waals surface area contributed by atoms with Crippen molar-refractivity contribution in [1.29, 1.82) is 0 Å². The van der Waals surface area contributed by atoms with Crippen LogP contribution in [-0.2, 0) is 4.79 Å². The molecule has 0 saturated heterocycles. The fourth-order valence-corrected chi connectivity index (χ4v) is 2.35. The Balaban J connectivity index is 1.82. The highest BCUT2D eigenvalue weighted by Gasteiger charge is 2.08. The fourth-order valence-electron chi connectivity index (χ4n) is 2.11. The Labute approximate surface area is 137 Å². The predicted octanol–water partition coefficient (Wildman–Crippen LogP) is 3.04. The molecule has 3 aromatic heterocycles. The number of methoxy groups -OCH3 is 1. The first-order valence-corrected chi connectivity index (χ1v) is 7.17. The lowest BCUT2D eigenvalue weighted by Crippen LogP contribution is -2.09. The highest BCUT2D eigenvalue weighted by molar-refractivity contribution is 6.31. The third kappa shape index (κ3) is 3.17. The molecule has 0 aliphatic heterocycles. The second-order valence-electron chi connectivity index (χ2n) is 4.60. The SMILES string of the molecule is COc1ncccc1NC(=O)/C=C\c1c(Cl)nc2ccccn12. The Morgan fingerprint density at radius 3 is 3.04 bits per heavy atom. The molecule has 6 nitrogen and oxygen atoms in total. The number of fused-ring (bicyclic) bond motifs is 1. The number of amides is 1. The van der Waals surface area contributed by atoms with E-state index in [0.717, 1.165) is 0 Å². The van der Waals surface area contributed by atoms with Crippen molar-refractivity contribution in [2.75, 3.05) is 12.4 Å². The minimum Gasteiger partial charge on any atom is -0.480 e. The zero-order valence-corrected chi connectivity index (χ0v) is 13.0. The standard InChI is InChI=1S/C16H13ClN4O2/c1-23-16-11(5-4-9-18-16)19-14(22)8-7-12-15(17)20-13-6-2-3-10-21(12)13/h2-10H,1H3,(H,19,22)/b8-7-. The number of pyridine rings is 2. The van der Waals surface area contributed by atoms with E-state index in [2.05, 4.69) is 15.3 Å². The first kappa shape index (κ1) is 15.1. The number of carbonyl (C=O) groups excluding carboxylic acids is 1. The average molecular weight is 329 g/mol. The van der Waals surface area contributed by atoms with Crippen LogP contribution in [0.3, 0.4) is 0 Å². The number of halogens is 1. The van der Waals surface area contributed by atoms with Crippen molar-refractivity contribution in [3.63, 3.8) is 0 Å². The predicted molar refractivity (Wildman–Crippen MR) is 88.7 cm³/mol. The number of hydrogen-bond acceptors (Lipinski definition) is 4. The number of anilines is 1. The van der Waals surface area contributed by atoms with Gasteiger partial charge in [0.05, 0.1) is 12.8 Å². The molecule has 1 amide bonds. The number of imidazole rings is 1. The lowest BCUT2D eigenvalue weighted by Gasteiger charge is -2.06. The fraction of sp³-hybridized carbons (Fsp3) is 0.0625. The minimum atomic E-state index is -0.321. The van der Waals surface area contributed by atoms with Crippen LogP contribution in [0.15, 0.2) is 48.8 Å². The summed E-state index contributed by atoms with van der Waals surface area (Å²) in [5.41, 5.74) is 1.84. The maximum atomic E-state index is 12.1. The van der Waals surface area contributed by atoms with Gasteiger partial charge in [-0.2, -0.15) is 0 Å². The molecular weight excluding hydrogens is 316 g/mol. The molecule has 0 bridgehead atoms. The van der Waals surface area contributed by atoms with Gasteiger partial charge in [0, 0.05) is 18.5 Å². The van der Waals surface area contributed by atoms with Gasteiger partial charge in [-0.25, -0.2) is 9.97 Å². The van der Waals surface area contributed by atoms with Crippen molar-refractivity contribution in [2.24, 2.45) is 0 Å². The zero-order valence-electron chi connectivity index (χ0n) is 12.2. The third-order valence-corrected chi connectivity index (χ3v) is 3.42. The number of aromatic nitrogens is 3. The third-order valence-electron chi connectivity index (χ3n) is 3.14. The zero-order chi connectivity index (χ0) is 16.2. The Morgan fingerprint density at radius 2 is 2.22 bits per heavy atom. The minimum absolute atomic E-state index is 0.321. The lowest BCUT2D eigenvalue weighted by molar-refractivity contribution is -0.111. The van der Waals surface area contributed by atoms with Crippen LogP contribution < -0.4 is 10.1 Å². The summed E-state index contributed by atoms with van der Waals surface area (Å²) in [6.07, 6.45) is 6.41. The Bertz CT molecular complexity index is 889. The highest BCUT2D eigenvalue weighted by Crippen LogP contribution is 2.21. The van der Waals surface area contributed by atoms with E-state index >= 15 is 0 Å². The van der Waals surface area contributed by atoms with Gasteiger partial charge < -0.3 is 10.1 Å². The molecule has 0 atom stereocenters. The van der Waals surface area contributed by atoms with Gasteiger partial charge >= 0.3 is 0 Å². The maximum absolute atomic E-state index is 12.1. The molecule has 0 aliphatic carbocycles. The van der Waals surface area contributed by atoms with Crippen molar-refractivity contribution in [2.45, 2.75) is 0 Å². The number of hydrogen-bond donors (Lipinski definition) is 1.